The van der Waals surface area contributed by atoms with E-state index in [0.717, 1.165) is 64.7 Å². The fourth-order valence-corrected chi connectivity index (χ4v) is 5.42. The summed E-state index contributed by atoms with van der Waals surface area (Å²) >= 11 is 0. The smallest absolute Gasteiger partial charge is 0.332 e. The van der Waals surface area contributed by atoms with Crippen molar-refractivity contribution in [3.8, 4) is 0 Å². The van der Waals surface area contributed by atoms with Gasteiger partial charge in [0.25, 0.3) is 0 Å². The molecule has 0 amide bonds. The van der Waals surface area contributed by atoms with Crippen LogP contribution in [0.1, 0.15) is 84.0 Å². The summed E-state index contributed by atoms with van der Waals surface area (Å²) in [5.41, 5.74) is 0. The predicted molar refractivity (Wildman–Crippen MR) is 157 cm³/mol. The zero-order valence-corrected chi connectivity index (χ0v) is 26.4. The summed E-state index contributed by atoms with van der Waals surface area (Å²) < 4.78 is 27.2. The van der Waals surface area contributed by atoms with Crippen LogP contribution in [0.3, 0.4) is 0 Å². The number of ether oxygens (including phenoxy) is 5. The lowest BCUT2D eigenvalue weighted by Gasteiger charge is -2.46. The first-order valence-electron chi connectivity index (χ1n) is 16.2. The average Bonchev–Trinajstić information content (AvgIpc) is 3.02. The number of esters is 1. The molecular formula is C30H54O16. The van der Waals surface area contributed by atoms with Gasteiger partial charge in [0, 0.05) is 6.92 Å². The van der Waals surface area contributed by atoms with Gasteiger partial charge in [0.1, 0.15) is 55.4 Å². The summed E-state index contributed by atoms with van der Waals surface area (Å²) in [6, 6.07) is 0. The lowest BCUT2D eigenvalue weighted by Crippen LogP contribution is -2.65. The van der Waals surface area contributed by atoms with E-state index in [1.165, 1.54) is 0 Å². The van der Waals surface area contributed by atoms with Gasteiger partial charge in [0.15, 0.2) is 18.7 Å². The molecule has 0 aromatic rings. The standard InChI is InChI=1S/C30H54O16/c1-17(32)42-16-21-27(46-30-25(38)23(36)22(35)20(14-31)44-30)24(37)26(39)29(45-21)43-15-18(33)12-10-8-6-4-2-3-5-7-9-11-13-19(34)28(40)41/h18-27,29-31,33-39H,2-16H2,1H3,(H,40,41)/t18-,19-,20-,21-,22-,23+,24-,25-,26-,27-,29-,30+/m1/s1. The average molecular weight is 671 g/mol. The molecule has 270 valence electrons. The molecule has 2 aliphatic heterocycles. The second kappa shape index (κ2) is 21.4. The van der Waals surface area contributed by atoms with Crippen LogP contribution in [0.25, 0.3) is 0 Å². The molecule has 0 bridgehead atoms. The van der Waals surface area contributed by atoms with Crippen LogP contribution < -0.4 is 0 Å². The Labute approximate surface area is 268 Å². The van der Waals surface area contributed by atoms with E-state index in [2.05, 4.69) is 0 Å². The molecule has 0 saturated carbocycles. The molecule has 2 heterocycles. The molecule has 2 saturated heterocycles. The number of aliphatic carboxylic acids is 1. The molecule has 0 unspecified atom stereocenters. The largest absolute Gasteiger partial charge is 0.479 e. The summed E-state index contributed by atoms with van der Waals surface area (Å²) in [6.45, 7) is -0.217. The Balaban J connectivity index is 1.71. The monoisotopic (exact) mass is 670 g/mol. The fourth-order valence-electron chi connectivity index (χ4n) is 5.42. The van der Waals surface area contributed by atoms with Crippen LogP contribution in [-0.4, -0.2) is 151 Å². The number of hydrogen-bond donors (Lipinski definition) is 9. The highest BCUT2D eigenvalue weighted by atomic mass is 16.7. The highest BCUT2D eigenvalue weighted by Crippen LogP contribution is 2.30. The van der Waals surface area contributed by atoms with Gasteiger partial charge in [-0.1, -0.05) is 64.2 Å². The third-order valence-electron chi connectivity index (χ3n) is 8.23. The summed E-state index contributed by atoms with van der Waals surface area (Å²) in [5.74, 6) is -1.85. The van der Waals surface area contributed by atoms with E-state index in [1.54, 1.807) is 0 Å². The van der Waals surface area contributed by atoms with Gasteiger partial charge in [0.05, 0.1) is 19.3 Å². The number of unbranched alkanes of at least 4 members (excludes halogenated alkanes) is 9. The van der Waals surface area contributed by atoms with Gasteiger partial charge in [-0.15, -0.1) is 0 Å². The molecule has 0 aliphatic carbocycles. The molecule has 2 rings (SSSR count). The second-order valence-electron chi connectivity index (χ2n) is 12.1. The Bertz CT molecular complexity index is 861. The van der Waals surface area contributed by atoms with Crippen molar-refractivity contribution in [1.82, 2.24) is 0 Å². The summed E-state index contributed by atoms with van der Waals surface area (Å²) in [6.07, 6.45) is -7.52. The highest BCUT2D eigenvalue weighted by Gasteiger charge is 2.51. The van der Waals surface area contributed by atoms with E-state index >= 15 is 0 Å². The van der Waals surface area contributed by atoms with Crippen molar-refractivity contribution >= 4 is 11.9 Å². The summed E-state index contributed by atoms with van der Waals surface area (Å²) in [5, 5.41) is 89.7. The van der Waals surface area contributed by atoms with Crippen molar-refractivity contribution in [2.75, 3.05) is 19.8 Å². The zero-order valence-electron chi connectivity index (χ0n) is 26.4. The Morgan fingerprint density at radius 2 is 1.22 bits per heavy atom. The van der Waals surface area contributed by atoms with E-state index in [1.807, 2.05) is 0 Å². The minimum atomic E-state index is -1.79. The van der Waals surface area contributed by atoms with Crippen molar-refractivity contribution in [2.24, 2.45) is 0 Å². The first-order chi connectivity index (χ1) is 21.9. The highest BCUT2D eigenvalue weighted by molar-refractivity contribution is 5.71. The topological polar surface area (TPSA) is 262 Å². The maximum Gasteiger partial charge on any atom is 0.332 e. The van der Waals surface area contributed by atoms with E-state index in [0.29, 0.717) is 12.8 Å². The van der Waals surface area contributed by atoms with Gasteiger partial charge in [-0.3, -0.25) is 4.79 Å². The fraction of sp³-hybridized carbons (Fsp3) is 0.933. The number of carbonyl (C=O) groups excluding carboxylic acids is 1. The molecule has 0 aromatic heterocycles. The molecule has 16 nitrogen and oxygen atoms in total. The van der Waals surface area contributed by atoms with Crippen molar-refractivity contribution in [1.29, 1.82) is 0 Å². The number of carboxylic acid groups (broad SMARTS) is 1. The van der Waals surface area contributed by atoms with Gasteiger partial charge >= 0.3 is 11.9 Å². The van der Waals surface area contributed by atoms with Crippen molar-refractivity contribution in [2.45, 2.75) is 158 Å². The quantitative estimate of drug-likeness (QED) is 0.0478. The Morgan fingerprint density at radius 1 is 0.696 bits per heavy atom. The Hall–Kier alpha value is -1.54. The third-order valence-corrected chi connectivity index (χ3v) is 8.23. The van der Waals surface area contributed by atoms with Crippen LogP contribution in [0.2, 0.25) is 0 Å². The molecule has 2 aliphatic rings. The lowest BCUT2D eigenvalue weighted by atomic mass is 9.97. The lowest BCUT2D eigenvalue weighted by molar-refractivity contribution is -0.360. The van der Waals surface area contributed by atoms with Crippen LogP contribution in [0.15, 0.2) is 0 Å². The zero-order chi connectivity index (χ0) is 34.2. The minimum absolute atomic E-state index is 0.212. The van der Waals surface area contributed by atoms with Crippen molar-refractivity contribution < 1.29 is 79.2 Å². The number of carboxylic acids is 1. The first-order valence-corrected chi connectivity index (χ1v) is 16.2. The molecular weight excluding hydrogens is 616 g/mol. The second-order valence-corrected chi connectivity index (χ2v) is 12.1. The van der Waals surface area contributed by atoms with Crippen LogP contribution in [-0.2, 0) is 33.3 Å². The van der Waals surface area contributed by atoms with Crippen LogP contribution in [0.4, 0.5) is 0 Å². The number of aliphatic hydroxyl groups excluding tert-OH is 8. The number of hydrogen-bond acceptors (Lipinski definition) is 15. The van der Waals surface area contributed by atoms with Crippen LogP contribution in [0.5, 0.6) is 0 Å². The van der Waals surface area contributed by atoms with Gasteiger partial charge in [-0.05, 0) is 12.8 Å². The first kappa shape index (κ1) is 40.6. The van der Waals surface area contributed by atoms with E-state index < -0.39 is 98.8 Å². The van der Waals surface area contributed by atoms with Gasteiger partial charge in [-0.2, -0.15) is 0 Å². The molecule has 12 atom stereocenters. The van der Waals surface area contributed by atoms with Crippen LogP contribution >= 0.6 is 0 Å². The summed E-state index contributed by atoms with van der Waals surface area (Å²) in [7, 11) is 0. The maximum absolute atomic E-state index is 11.5. The molecule has 0 radical (unpaired) electrons. The summed E-state index contributed by atoms with van der Waals surface area (Å²) in [4.78, 5) is 22.0. The van der Waals surface area contributed by atoms with Gasteiger partial charge in [-0.25, -0.2) is 4.79 Å². The van der Waals surface area contributed by atoms with Gasteiger partial charge in [0.2, 0.25) is 0 Å². The van der Waals surface area contributed by atoms with Crippen LogP contribution in [0, 0.1) is 0 Å². The SMILES string of the molecule is CC(=O)OC[C@H]1O[C@@H](OC[C@H](O)CCCCCCCCCCCC[C@@H](O)C(=O)O)[C@H](O)[C@@H](O)[C@@H]1O[C@@H]1O[C@H](CO)[C@@H](O)[C@H](O)[C@H]1O. The third kappa shape index (κ3) is 13.5. The van der Waals surface area contributed by atoms with E-state index in [4.69, 9.17) is 28.8 Å². The molecule has 16 heteroatoms. The van der Waals surface area contributed by atoms with Crippen molar-refractivity contribution in [3.05, 3.63) is 0 Å². The number of carbonyl (C=O) groups is 2. The molecule has 2 fully saturated rings. The minimum Gasteiger partial charge on any atom is -0.479 e. The molecule has 0 aromatic carbocycles. The maximum atomic E-state index is 11.5. The van der Waals surface area contributed by atoms with Crippen molar-refractivity contribution in [3.63, 3.8) is 0 Å². The van der Waals surface area contributed by atoms with E-state index in [9.17, 15) is 50.4 Å². The van der Waals surface area contributed by atoms with Gasteiger partial charge < -0.3 is 69.6 Å². The van der Waals surface area contributed by atoms with E-state index in [-0.39, 0.29) is 13.0 Å². The Kier molecular flexibility index (Phi) is 18.9. The number of aliphatic hydroxyl groups is 8. The normalized spacial score (nSPS) is 33.0. The molecule has 0 spiro atoms. The molecule has 46 heavy (non-hydrogen) atoms. The predicted octanol–water partition coefficient (Wildman–Crippen LogP) is -1.31. The molecule has 9 N–H and O–H groups in total. The number of rotatable bonds is 22. The Morgan fingerprint density at radius 3 is 1.76 bits per heavy atom.